The third-order valence-corrected chi connectivity index (χ3v) is 5.28. The lowest BCUT2D eigenvalue weighted by Crippen LogP contribution is -2.38. The molecule has 7 nitrogen and oxygen atoms in total. The number of guanidine groups is 1. The lowest BCUT2D eigenvalue weighted by molar-refractivity contribution is 0.0827. The second kappa shape index (κ2) is 13.3. The summed E-state index contributed by atoms with van der Waals surface area (Å²) in [5, 5.41) is 6.70. The van der Waals surface area contributed by atoms with Gasteiger partial charge in [-0.1, -0.05) is 24.3 Å². The number of carbonyl (C=O) groups excluding carboxylic acids is 1. The monoisotopic (exact) mass is 551 g/mol. The molecule has 1 aliphatic rings. The van der Waals surface area contributed by atoms with Crippen LogP contribution in [0, 0.1) is 0 Å². The van der Waals surface area contributed by atoms with Crippen molar-refractivity contribution < 1.29 is 9.53 Å². The number of ether oxygens (including phenoxy) is 1. The molecule has 0 spiro atoms. The molecular formula is C24H34IN5O2. The van der Waals surface area contributed by atoms with E-state index in [0.29, 0.717) is 12.1 Å². The van der Waals surface area contributed by atoms with Crippen LogP contribution >= 0.6 is 24.0 Å². The quantitative estimate of drug-likeness (QED) is 0.315. The molecule has 2 aromatic carbocycles. The molecule has 1 amide bonds. The van der Waals surface area contributed by atoms with Crippen molar-refractivity contribution in [2.24, 2.45) is 4.99 Å². The maximum Gasteiger partial charge on any atom is 0.253 e. The number of nitrogens with zero attached hydrogens (tertiary/aromatic N) is 3. The number of carbonyl (C=O) groups is 1. The van der Waals surface area contributed by atoms with Crippen molar-refractivity contribution in [3.63, 3.8) is 0 Å². The number of aliphatic imine (C=N–C) groups is 1. The molecule has 0 atom stereocenters. The van der Waals surface area contributed by atoms with E-state index >= 15 is 0 Å². The van der Waals surface area contributed by atoms with Gasteiger partial charge >= 0.3 is 0 Å². The molecule has 2 N–H and O–H groups in total. The van der Waals surface area contributed by atoms with E-state index in [2.05, 4.69) is 44.8 Å². The fourth-order valence-corrected chi connectivity index (χ4v) is 3.50. The van der Waals surface area contributed by atoms with Crippen LogP contribution in [0.5, 0.6) is 0 Å². The molecule has 2 aromatic rings. The highest BCUT2D eigenvalue weighted by atomic mass is 127. The molecule has 174 valence electrons. The minimum atomic E-state index is 0. The largest absolute Gasteiger partial charge is 0.378 e. The van der Waals surface area contributed by atoms with Crippen molar-refractivity contribution in [1.82, 2.24) is 15.5 Å². The standard InChI is InChI=1S/C24H33N5O2.HI/c1-25-24(26-12-11-19-5-4-6-21(17-19)23(30)28(2)3)27-18-20-7-9-22(10-8-20)29-13-15-31-16-14-29;/h4-10,17H,11-16,18H2,1-3H3,(H2,25,26,27);1H. The summed E-state index contributed by atoms with van der Waals surface area (Å²) < 4.78 is 5.42. The van der Waals surface area contributed by atoms with Crippen LogP contribution in [0.2, 0.25) is 0 Å². The Kier molecular flexibility index (Phi) is 10.8. The summed E-state index contributed by atoms with van der Waals surface area (Å²) in [6.45, 7) is 4.91. The van der Waals surface area contributed by atoms with Crippen LogP contribution in [0.25, 0.3) is 0 Å². The van der Waals surface area contributed by atoms with E-state index in [9.17, 15) is 4.79 Å². The average Bonchev–Trinajstić information content (AvgIpc) is 2.81. The molecule has 0 bridgehead atoms. The SMILES string of the molecule is CN=C(NCCc1cccc(C(=O)N(C)C)c1)NCc1ccc(N2CCOCC2)cc1.I. The van der Waals surface area contributed by atoms with Crippen LogP contribution in [0.1, 0.15) is 21.5 Å². The predicted molar refractivity (Wildman–Crippen MR) is 141 cm³/mol. The number of benzene rings is 2. The van der Waals surface area contributed by atoms with Crippen LogP contribution in [-0.4, -0.2) is 70.8 Å². The Morgan fingerprint density at radius 1 is 1.06 bits per heavy atom. The fraction of sp³-hybridized carbons (Fsp3) is 0.417. The topological polar surface area (TPSA) is 69.2 Å². The van der Waals surface area contributed by atoms with Crippen molar-refractivity contribution in [1.29, 1.82) is 0 Å². The number of amides is 1. The van der Waals surface area contributed by atoms with Crippen molar-refractivity contribution in [2.45, 2.75) is 13.0 Å². The predicted octanol–water partition coefficient (Wildman–Crippen LogP) is 2.75. The molecule has 1 heterocycles. The molecule has 0 aliphatic carbocycles. The van der Waals surface area contributed by atoms with E-state index in [1.165, 1.54) is 11.3 Å². The van der Waals surface area contributed by atoms with Gasteiger partial charge in [-0.15, -0.1) is 24.0 Å². The summed E-state index contributed by atoms with van der Waals surface area (Å²) in [5.74, 6) is 0.782. The Labute approximate surface area is 208 Å². The molecular weight excluding hydrogens is 517 g/mol. The fourth-order valence-electron chi connectivity index (χ4n) is 3.50. The molecule has 3 rings (SSSR count). The number of nitrogens with one attached hydrogen (secondary N) is 2. The van der Waals surface area contributed by atoms with Crippen LogP contribution in [0.3, 0.4) is 0 Å². The van der Waals surface area contributed by atoms with Crippen molar-refractivity contribution in [2.75, 3.05) is 58.9 Å². The van der Waals surface area contributed by atoms with Crippen LogP contribution in [-0.2, 0) is 17.7 Å². The zero-order valence-corrected chi connectivity index (χ0v) is 21.5. The summed E-state index contributed by atoms with van der Waals surface area (Å²) in [4.78, 5) is 20.4. The third-order valence-electron chi connectivity index (χ3n) is 5.28. The highest BCUT2D eigenvalue weighted by Gasteiger charge is 2.11. The zero-order chi connectivity index (χ0) is 22.1. The van der Waals surface area contributed by atoms with Crippen molar-refractivity contribution in [3.05, 3.63) is 65.2 Å². The van der Waals surface area contributed by atoms with Crippen LogP contribution in [0.15, 0.2) is 53.5 Å². The second-order valence-electron chi connectivity index (χ2n) is 7.77. The second-order valence-corrected chi connectivity index (χ2v) is 7.77. The Bertz CT molecular complexity index is 880. The molecule has 0 aromatic heterocycles. The minimum absolute atomic E-state index is 0. The average molecular weight is 551 g/mol. The molecule has 32 heavy (non-hydrogen) atoms. The summed E-state index contributed by atoms with van der Waals surface area (Å²) in [6, 6.07) is 16.4. The maximum atomic E-state index is 12.1. The molecule has 1 fully saturated rings. The van der Waals surface area contributed by atoms with Gasteiger partial charge in [-0.25, -0.2) is 0 Å². The van der Waals surface area contributed by atoms with E-state index in [1.54, 1.807) is 26.0 Å². The summed E-state index contributed by atoms with van der Waals surface area (Å²) in [5.41, 5.74) is 4.28. The molecule has 0 radical (unpaired) electrons. The van der Waals surface area contributed by atoms with Gasteiger partial charge in [0.15, 0.2) is 5.96 Å². The highest BCUT2D eigenvalue weighted by molar-refractivity contribution is 14.0. The van der Waals surface area contributed by atoms with Crippen molar-refractivity contribution in [3.8, 4) is 0 Å². The molecule has 8 heteroatoms. The Hall–Kier alpha value is -2.33. The van der Waals surface area contributed by atoms with Gasteiger partial charge in [0.2, 0.25) is 0 Å². The molecule has 1 aliphatic heterocycles. The van der Waals surface area contributed by atoms with Crippen molar-refractivity contribution >= 4 is 41.5 Å². The first-order chi connectivity index (χ1) is 15.1. The van der Waals surface area contributed by atoms with Gasteiger partial charge in [-0.05, 0) is 41.8 Å². The van der Waals surface area contributed by atoms with Gasteiger partial charge in [0, 0.05) is 58.6 Å². The van der Waals surface area contributed by atoms with Gasteiger partial charge in [-0.2, -0.15) is 0 Å². The van der Waals surface area contributed by atoms with Crippen LogP contribution in [0.4, 0.5) is 5.69 Å². The van der Waals surface area contributed by atoms with Gasteiger partial charge < -0.3 is 25.2 Å². The number of anilines is 1. The highest BCUT2D eigenvalue weighted by Crippen LogP contribution is 2.16. The summed E-state index contributed by atoms with van der Waals surface area (Å²) >= 11 is 0. The molecule has 1 saturated heterocycles. The van der Waals surface area contributed by atoms with E-state index in [0.717, 1.165) is 50.8 Å². The van der Waals surface area contributed by atoms with Gasteiger partial charge in [-0.3, -0.25) is 9.79 Å². The zero-order valence-electron chi connectivity index (χ0n) is 19.1. The first-order valence-corrected chi connectivity index (χ1v) is 10.7. The van der Waals surface area contributed by atoms with E-state index in [4.69, 9.17) is 4.74 Å². The smallest absolute Gasteiger partial charge is 0.253 e. The van der Waals surface area contributed by atoms with Gasteiger partial charge in [0.1, 0.15) is 0 Å². The number of rotatable bonds is 7. The number of halogens is 1. The van der Waals surface area contributed by atoms with Gasteiger partial charge in [0.05, 0.1) is 13.2 Å². The molecule has 0 saturated carbocycles. The number of hydrogen-bond donors (Lipinski definition) is 2. The van der Waals surface area contributed by atoms with E-state index in [1.807, 2.05) is 24.3 Å². The number of hydrogen-bond acceptors (Lipinski definition) is 4. The lowest BCUT2D eigenvalue weighted by atomic mass is 10.1. The minimum Gasteiger partial charge on any atom is -0.378 e. The third kappa shape index (κ3) is 7.67. The normalized spacial score (nSPS) is 13.8. The summed E-state index contributed by atoms with van der Waals surface area (Å²) in [7, 11) is 5.30. The summed E-state index contributed by atoms with van der Waals surface area (Å²) in [6.07, 6.45) is 0.809. The van der Waals surface area contributed by atoms with E-state index in [-0.39, 0.29) is 29.9 Å². The van der Waals surface area contributed by atoms with E-state index < -0.39 is 0 Å². The lowest BCUT2D eigenvalue weighted by Gasteiger charge is -2.28. The number of morpholine rings is 1. The molecule has 0 unspecified atom stereocenters. The first kappa shape index (κ1) is 25.9. The Balaban J connectivity index is 0.00000363. The Morgan fingerprint density at radius 3 is 2.44 bits per heavy atom. The maximum absolute atomic E-state index is 12.1. The van der Waals surface area contributed by atoms with Crippen LogP contribution < -0.4 is 15.5 Å². The van der Waals surface area contributed by atoms with Gasteiger partial charge in [0.25, 0.3) is 5.91 Å². The Morgan fingerprint density at radius 2 is 1.78 bits per heavy atom. The first-order valence-electron chi connectivity index (χ1n) is 10.7.